The predicted molar refractivity (Wildman–Crippen MR) is 96.9 cm³/mol. The first-order chi connectivity index (χ1) is 12.2. The van der Waals surface area contributed by atoms with Crippen LogP contribution in [0.5, 0.6) is 0 Å². The van der Waals surface area contributed by atoms with Crippen molar-refractivity contribution in [2.24, 2.45) is 0 Å². The van der Waals surface area contributed by atoms with Crippen molar-refractivity contribution in [1.29, 1.82) is 0 Å². The number of hydrogen-bond acceptors (Lipinski definition) is 3. The Labute approximate surface area is 146 Å². The number of rotatable bonds is 2. The van der Waals surface area contributed by atoms with E-state index in [-0.39, 0.29) is 6.03 Å². The number of carbonyl (C=O) groups excluding carboxylic acids is 1. The van der Waals surface area contributed by atoms with Crippen LogP contribution in [0, 0.1) is 6.92 Å². The Morgan fingerprint density at radius 2 is 1.68 bits per heavy atom. The standard InChI is InChI=1S/C20H18N4O/c1-14-10-11-21-19(22-14)15-6-8-18(9-7-15)23-20(25)24-12-16-4-2-3-5-17(16)13-24/h2-11H,12-13H2,1H3,(H,23,25). The molecule has 5 heteroatoms. The van der Waals surface area contributed by atoms with Crippen LogP contribution in [-0.2, 0) is 13.1 Å². The number of aromatic nitrogens is 2. The highest BCUT2D eigenvalue weighted by Gasteiger charge is 2.22. The van der Waals surface area contributed by atoms with E-state index in [0.717, 1.165) is 16.9 Å². The number of nitrogens with zero attached hydrogens (tertiary/aromatic N) is 3. The van der Waals surface area contributed by atoms with Gasteiger partial charge < -0.3 is 10.2 Å². The number of fused-ring (bicyclic) bond motifs is 1. The lowest BCUT2D eigenvalue weighted by Crippen LogP contribution is -2.30. The molecule has 3 aromatic rings. The summed E-state index contributed by atoms with van der Waals surface area (Å²) in [6, 6.07) is 17.5. The van der Waals surface area contributed by atoms with Gasteiger partial charge in [-0.25, -0.2) is 14.8 Å². The van der Waals surface area contributed by atoms with Crippen molar-refractivity contribution in [1.82, 2.24) is 14.9 Å². The molecule has 5 nitrogen and oxygen atoms in total. The maximum Gasteiger partial charge on any atom is 0.322 e. The highest BCUT2D eigenvalue weighted by Crippen LogP contribution is 2.23. The number of anilines is 1. The molecule has 0 radical (unpaired) electrons. The molecule has 124 valence electrons. The first kappa shape index (κ1) is 15.3. The van der Waals surface area contributed by atoms with Gasteiger partial charge in [-0.15, -0.1) is 0 Å². The zero-order chi connectivity index (χ0) is 17.2. The summed E-state index contributed by atoms with van der Waals surface area (Å²) in [5.74, 6) is 0.688. The third-order valence-corrected chi connectivity index (χ3v) is 4.32. The van der Waals surface area contributed by atoms with Gasteiger partial charge in [0.1, 0.15) is 0 Å². The minimum absolute atomic E-state index is 0.0873. The Kier molecular flexibility index (Phi) is 3.90. The molecule has 1 aliphatic heterocycles. The molecule has 25 heavy (non-hydrogen) atoms. The van der Waals surface area contributed by atoms with Crippen LogP contribution in [0.1, 0.15) is 16.8 Å². The van der Waals surface area contributed by atoms with Crippen LogP contribution in [0.3, 0.4) is 0 Å². The van der Waals surface area contributed by atoms with E-state index in [1.165, 1.54) is 11.1 Å². The Bertz CT molecular complexity index is 896. The van der Waals surface area contributed by atoms with Crippen molar-refractivity contribution in [3.05, 3.63) is 77.6 Å². The second-order valence-electron chi connectivity index (χ2n) is 6.15. The van der Waals surface area contributed by atoms with E-state index in [9.17, 15) is 4.79 Å². The molecule has 1 aliphatic rings. The molecular weight excluding hydrogens is 312 g/mol. The summed E-state index contributed by atoms with van der Waals surface area (Å²) in [6.07, 6.45) is 1.75. The largest absolute Gasteiger partial charge is 0.322 e. The smallest absolute Gasteiger partial charge is 0.316 e. The van der Waals surface area contributed by atoms with E-state index in [1.54, 1.807) is 6.20 Å². The first-order valence-electron chi connectivity index (χ1n) is 8.22. The number of amides is 2. The van der Waals surface area contributed by atoms with Crippen LogP contribution in [0.4, 0.5) is 10.5 Å². The molecule has 0 spiro atoms. The molecule has 2 amide bonds. The molecule has 4 rings (SSSR count). The molecule has 2 aromatic carbocycles. The molecule has 0 unspecified atom stereocenters. The van der Waals surface area contributed by atoms with Gasteiger partial charge in [0.2, 0.25) is 0 Å². The zero-order valence-electron chi connectivity index (χ0n) is 13.9. The Morgan fingerprint density at radius 1 is 1.00 bits per heavy atom. The SMILES string of the molecule is Cc1ccnc(-c2ccc(NC(=O)N3Cc4ccccc4C3)cc2)n1. The molecular formula is C20H18N4O. The number of nitrogens with one attached hydrogen (secondary N) is 1. The van der Waals surface area contributed by atoms with E-state index in [1.807, 2.05) is 54.3 Å². The van der Waals surface area contributed by atoms with Crippen molar-refractivity contribution in [2.75, 3.05) is 5.32 Å². The average Bonchev–Trinajstić information content (AvgIpc) is 3.07. The third-order valence-electron chi connectivity index (χ3n) is 4.32. The van der Waals surface area contributed by atoms with Gasteiger partial charge in [0.25, 0.3) is 0 Å². The third kappa shape index (κ3) is 3.21. The van der Waals surface area contributed by atoms with Crippen LogP contribution in [0.15, 0.2) is 60.8 Å². The van der Waals surface area contributed by atoms with Crippen molar-refractivity contribution in [3.8, 4) is 11.4 Å². The summed E-state index contributed by atoms with van der Waals surface area (Å²) in [6.45, 7) is 3.24. The molecule has 1 N–H and O–H groups in total. The predicted octanol–water partition coefficient (Wildman–Crippen LogP) is 4.00. The minimum atomic E-state index is -0.0873. The number of carbonyl (C=O) groups is 1. The maximum atomic E-state index is 12.5. The first-order valence-corrected chi connectivity index (χ1v) is 8.22. The van der Waals surface area contributed by atoms with Crippen LogP contribution in [0.25, 0.3) is 11.4 Å². The Morgan fingerprint density at radius 3 is 2.32 bits per heavy atom. The van der Waals surface area contributed by atoms with Crippen molar-refractivity contribution in [2.45, 2.75) is 20.0 Å². The molecule has 0 atom stereocenters. The second kappa shape index (κ2) is 6.36. The Hall–Kier alpha value is -3.21. The molecule has 0 saturated carbocycles. The van der Waals surface area contributed by atoms with Crippen molar-refractivity contribution < 1.29 is 4.79 Å². The van der Waals surface area contributed by atoms with E-state index in [0.29, 0.717) is 18.9 Å². The minimum Gasteiger partial charge on any atom is -0.316 e. The second-order valence-corrected chi connectivity index (χ2v) is 6.15. The molecule has 0 saturated heterocycles. The van der Waals surface area contributed by atoms with Gasteiger partial charge in [-0.3, -0.25) is 0 Å². The summed E-state index contributed by atoms with van der Waals surface area (Å²) in [5, 5.41) is 2.95. The highest BCUT2D eigenvalue weighted by atomic mass is 16.2. The zero-order valence-corrected chi connectivity index (χ0v) is 13.9. The lowest BCUT2D eigenvalue weighted by molar-refractivity contribution is 0.212. The summed E-state index contributed by atoms with van der Waals surface area (Å²) in [4.78, 5) is 23.0. The van der Waals surface area contributed by atoms with Crippen molar-refractivity contribution >= 4 is 11.7 Å². The maximum absolute atomic E-state index is 12.5. The fourth-order valence-electron chi connectivity index (χ4n) is 2.97. The fourth-order valence-corrected chi connectivity index (χ4v) is 2.97. The number of urea groups is 1. The number of benzene rings is 2. The van der Waals surface area contributed by atoms with Crippen LogP contribution < -0.4 is 5.32 Å². The van der Waals surface area contributed by atoms with Gasteiger partial charge in [0.05, 0.1) is 0 Å². The molecule has 2 heterocycles. The van der Waals surface area contributed by atoms with E-state index < -0.39 is 0 Å². The lowest BCUT2D eigenvalue weighted by Gasteiger charge is -2.16. The molecule has 0 bridgehead atoms. The van der Waals surface area contributed by atoms with Crippen molar-refractivity contribution in [3.63, 3.8) is 0 Å². The molecule has 0 fully saturated rings. The van der Waals surface area contributed by atoms with Crippen LogP contribution in [-0.4, -0.2) is 20.9 Å². The normalized spacial score (nSPS) is 12.8. The van der Waals surface area contributed by atoms with Gasteiger partial charge in [0, 0.05) is 36.2 Å². The van der Waals surface area contributed by atoms with E-state index in [4.69, 9.17) is 0 Å². The Balaban J connectivity index is 1.44. The molecule has 0 aliphatic carbocycles. The van der Waals surface area contributed by atoms with E-state index in [2.05, 4.69) is 27.4 Å². The summed E-state index contributed by atoms with van der Waals surface area (Å²) in [7, 11) is 0. The topological polar surface area (TPSA) is 58.1 Å². The van der Waals surface area contributed by atoms with E-state index >= 15 is 0 Å². The summed E-state index contributed by atoms with van der Waals surface area (Å²) >= 11 is 0. The van der Waals surface area contributed by atoms with Gasteiger partial charge in [-0.05, 0) is 48.4 Å². The summed E-state index contributed by atoms with van der Waals surface area (Å²) in [5.41, 5.74) is 5.04. The number of hydrogen-bond donors (Lipinski definition) is 1. The summed E-state index contributed by atoms with van der Waals surface area (Å²) < 4.78 is 0. The highest BCUT2D eigenvalue weighted by molar-refractivity contribution is 5.90. The van der Waals surface area contributed by atoms with Crippen LogP contribution >= 0.6 is 0 Å². The quantitative estimate of drug-likeness (QED) is 0.772. The fraction of sp³-hybridized carbons (Fsp3) is 0.150. The monoisotopic (exact) mass is 330 g/mol. The van der Waals surface area contributed by atoms with Crippen LogP contribution in [0.2, 0.25) is 0 Å². The molecule has 1 aromatic heterocycles. The number of aryl methyl sites for hydroxylation is 1. The average molecular weight is 330 g/mol. The van der Waals surface area contributed by atoms with Gasteiger partial charge in [0.15, 0.2) is 5.82 Å². The lowest BCUT2D eigenvalue weighted by atomic mass is 10.1. The van der Waals surface area contributed by atoms with Gasteiger partial charge in [-0.2, -0.15) is 0 Å². The van der Waals surface area contributed by atoms with Gasteiger partial charge in [-0.1, -0.05) is 24.3 Å². The van der Waals surface area contributed by atoms with Gasteiger partial charge >= 0.3 is 6.03 Å².